The van der Waals surface area contributed by atoms with Crippen LogP contribution in [0.5, 0.6) is 5.75 Å². The second-order valence-corrected chi connectivity index (χ2v) is 6.36. The molecule has 0 atom stereocenters. The monoisotopic (exact) mass is 304 g/mol. The predicted molar refractivity (Wildman–Crippen MR) is 67.2 cm³/mol. The number of ether oxygens (including phenoxy) is 1. The third kappa shape index (κ3) is 3.88. The Morgan fingerprint density at radius 3 is 2.45 bits per heavy atom. The average Bonchev–Trinajstić information content (AvgIpc) is 2.33. The largest absolute Gasteiger partial charge is 0.490 e. The van der Waals surface area contributed by atoms with Gasteiger partial charge in [0.2, 0.25) is 15.8 Å². The molecule has 110 valence electrons. The highest BCUT2D eigenvalue weighted by Gasteiger charge is 2.22. The van der Waals surface area contributed by atoms with E-state index in [1.54, 1.807) is 13.8 Å². The average molecular weight is 304 g/mol. The summed E-state index contributed by atoms with van der Waals surface area (Å²) in [5, 5.41) is 13.5. The summed E-state index contributed by atoms with van der Waals surface area (Å²) in [5.41, 5.74) is -0.657. The quantitative estimate of drug-likeness (QED) is 0.899. The molecule has 0 spiro atoms. The predicted octanol–water partition coefficient (Wildman–Crippen LogP) is 1.93. The van der Waals surface area contributed by atoms with Crippen LogP contribution in [-0.2, 0) is 10.0 Å². The number of hydrogen-bond acceptors (Lipinski definition) is 4. The van der Waals surface area contributed by atoms with Gasteiger partial charge in [0.15, 0.2) is 11.6 Å². The van der Waals surface area contributed by atoms with Crippen molar-refractivity contribution in [1.29, 1.82) is 5.26 Å². The summed E-state index contributed by atoms with van der Waals surface area (Å²) in [6, 6.07) is 3.85. The molecule has 0 saturated heterocycles. The van der Waals surface area contributed by atoms with Crippen LogP contribution in [0.15, 0.2) is 17.0 Å². The summed E-state index contributed by atoms with van der Waals surface area (Å²) in [6.45, 7) is 3.35. The molecule has 0 radical (unpaired) electrons. The molecule has 0 aliphatic carbocycles. The Morgan fingerprint density at radius 1 is 1.35 bits per heavy atom. The van der Waals surface area contributed by atoms with E-state index in [9.17, 15) is 17.2 Å². The summed E-state index contributed by atoms with van der Waals surface area (Å²) in [5.74, 6) is -3.43. The molecule has 0 bridgehead atoms. The number of hydrogen-bond donors (Lipinski definition) is 1. The van der Waals surface area contributed by atoms with Gasteiger partial charge in [0.05, 0.1) is 18.1 Å². The topological polar surface area (TPSA) is 93.2 Å². The minimum absolute atomic E-state index is 0.00829. The zero-order valence-electron chi connectivity index (χ0n) is 11.0. The third-order valence-corrected chi connectivity index (χ3v) is 3.53. The van der Waals surface area contributed by atoms with Crippen molar-refractivity contribution in [3.8, 4) is 11.8 Å². The Labute approximate surface area is 116 Å². The van der Waals surface area contributed by atoms with Gasteiger partial charge in [0.25, 0.3) is 0 Å². The van der Waals surface area contributed by atoms with E-state index in [1.165, 1.54) is 0 Å². The van der Waals surface area contributed by atoms with Crippen molar-refractivity contribution in [1.82, 2.24) is 0 Å². The molecule has 0 unspecified atom stereocenters. The lowest BCUT2D eigenvalue weighted by Crippen LogP contribution is -2.16. The van der Waals surface area contributed by atoms with Crippen LogP contribution in [0.3, 0.4) is 0 Å². The van der Waals surface area contributed by atoms with Crippen LogP contribution in [0.25, 0.3) is 0 Å². The van der Waals surface area contributed by atoms with Gasteiger partial charge in [0.1, 0.15) is 4.90 Å². The van der Waals surface area contributed by atoms with Crippen molar-refractivity contribution >= 4 is 10.0 Å². The van der Waals surface area contributed by atoms with Gasteiger partial charge in [-0.3, -0.25) is 0 Å². The lowest BCUT2D eigenvalue weighted by molar-refractivity contribution is 0.250. The van der Waals surface area contributed by atoms with Crippen LogP contribution in [0.2, 0.25) is 0 Å². The summed E-state index contributed by atoms with van der Waals surface area (Å²) in [7, 11) is -4.33. The number of halogens is 2. The van der Waals surface area contributed by atoms with Gasteiger partial charge in [-0.25, -0.2) is 17.9 Å². The molecule has 5 nitrogen and oxygen atoms in total. The van der Waals surface area contributed by atoms with E-state index in [4.69, 9.17) is 15.1 Å². The lowest BCUT2D eigenvalue weighted by Gasteiger charge is -2.15. The van der Waals surface area contributed by atoms with Crippen LogP contribution >= 0.6 is 0 Å². The van der Waals surface area contributed by atoms with Gasteiger partial charge >= 0.3 is 0 Å². The van der Waals surface area contributed by atoms with Gasteiger partial charge in [-0.1, -0.05) is 0 Å². The molecule has 0 aromatic heterocycles. The molecule has 2 N–H and O–H groups in total. The van der Waals surface area contributed by atoms with Crippen molar-refractivity contribution in [2.24, 2.45) is 10.6 Å². The molecule has 0 heterocycles. The summed E-state index contributed by atoms with van der Waals surface area (Å²) < 4.78 is 54.1. The molecule has 0 saturated carbocycles. The van der Waals surface area contributed by atoms with E-state index in [0.29, 0.717) is 6.42 Å². The van der Waals surface area contributed by atoms with Crippen LogP contribution < -0.4 is 9.88 Å². The standard InChI is InChI=1S/C12H14F2N2O3S/c1-12(2,7-15)5-6-19-8-3-4-9(20(16,17)18)11(14)10(8)13/h3-4H,5-6H2,1-2H3,(H2,16,17,18). The fraction of sp³-hybridized carbons (Fsp3) is 0.417. The van der Waals surface area contributed by atoms with E-state index >= 15 is 0 Å². The second kappa shape index (κ2) is 5.73. The number of nitrogens with zero attached hydrogens (tertiary/aromatic N) is 1. The van der Waals surface area contributed by atoms with E-state index in [0.717, 1.165) is 12.1 Å². The fourth-order valence-corrected chi connectivity index (χ4v) is 1.91. The number of nitriles is 1. The Balaban J connectivity index is 2.91. The molecular formula is C12H14F2N2O3S. The number of nitrogens with two attached hydrogens (primary N) is 1. The molecule has 0 amide bonds. The van der Waals surface area contributed by atoms with E-state index in [2.05, 4.69) is 0 Å². The maximum Gasteiger partial charge on any atom is 0.241 e. The zero-order valence-corrected chi connectivity index (χ0v) is 11.8. The van der Waals surface area contributed by atoms with Crippen molar-refractivity contribution in [2.45, 2.75) is 25.2 Å². The van der Waals surface area contributed by atoms with Crippen LogP contribution in [0.4, 0.5) is 8.78 Å². The van der Waals surface area contributed by atoms with Crippen LogP contribution in [-0.4, -0.2) is 15.0 Å². The van der Waals surface area contributed by atoms with E-state index in [-0.39, 0.29) is 6.61 Å². The minimum Gasteiger partial charge on any atom is -0.490 e. The van der Waals surface area contributed by atoms with Gasteiger partial charge in [-0.05, 0) is 32.4 Å². The highest BCUT2D eigenvalue weighted by molar-refractivity contribution is 7.89. The Bertz CT molecular complexity index is 651. The Morgan fingerprint density at radius 2 is 1.95 bits per heavy atom. The third-order valence-electron chi connectivity index (χ3n) is 2.61. The number of rotatable bonds is 5. The van der Waals surface area contributed by atoms with Crippen molar-refractivity contribution in [2.75, 3.05) is 6.61 Å². The fourth-order valence-electron chi connectivity index (χ4n) is 1.32. The van der Waals surface area contributed by atoms with Gasteiger partial charge in [-0.15, -0.1) is 0 Å². The maximum absolute atomic E-state index is 13.6. The first-order valence-corrected chi connectivity index (χ1v) is 7.18. The summed E-state index contributed by atoms with van der Waals surface area (Å²) in [6.07, 6.45) is 0.307. The maximum atomic E-state index is 13.6. The van der Waals surface area contributed by atoms with Crippen LogP contribution in [0, 0.1) is 28.4 Å². The first kappa shape index (κ1) is 16.3. The van der Waals surface area contributed by atoms with Crippen molar-refractivity contribution in [3.05, 3.63) is 23.8 Å². The molecular weight excluding hydrogens is 290 g/mol. The molecule has 20 heavy (non-hydrogen) atoms. The first-order chi connectivity index (χ1) is 9.08. The minimum atomic E-state index is -4.33. The van der Waals surface area contributed by atoms with Crippen molar-refractivity contribution < 1.29 is 21.9 Å². The molecule has 1 rings (SSSR count). The van der Waals surface area contributed by atoms with Gasteiger partial charge in [-0.2, -0.15) is 9.65 Å². The molecule has 8 heteroatoms. The number of sulfonamides is 1. The first-order valence-electron chi connectivity index (χ1n) is 5.63. The van der Waals surface area contributed by atoms with Crippen molar-refractivity contribution in [3.63, 3.8) is 0 Å². The molecule has 0 aliphatic rings. The summed E-state index contributed by atoms with van der Waals surface area (Å²) in [4.78, 5) is -0.931. The Hall–Kier alpha value is -1.72. The smallest absolute Gasteiger partial charge is 0.241 e. The van der Waals surface area contributed by atoms with Crippen LogP contribution in [0.1, 0.15) is 20.3 Å². The number of primary sulfonamides is 1. The summed E-state index contributed by atoms with van der Waals surface area (Å²) >= 11 is 0. The zero-order chi connectivity index (χ0) is 15.6. The van der Waals surface area contributed by atoms with Gasteiger partial charge < -0.3 is 4.74 Å². The SMILES string of the molecule is CC(C)(C#N)CCOc1ccc(S(N)(=O)=O)c(F)c1F. The van der Waals surface area contributed by atoms with E-state index < -0.39 is 37.7 Å². The molecule has 0 fully saturated rings. The van der Waals surface area contributed by atoms with Gasteiger partial charge in [0, 0.05) is 0 Å². The Kier molecular flexibility index (Phi) is 4.68. The second-order valence-electron chi connectivity index (χ2n) is 4.83. The molecule has 1 aromatic rings. The lowest BCUT2D eigenvalue weighted by atomic mass is 9.92. The number of benzene rings is 1. The molecule has 0 aliphatic heterocycles. The normalized spacial score (nSPS) is 12.0. The highest BCUT2D eigenvalue weighted by atomic mass is 32.2. The highest BCUT2D eigenvalue weighted by Crippen LogP contribution is 2.26. The van der Waals surface area contributed by atoms with E-state index in [1.807, 2.05) is 6.07 Å². The molecule has 1 aromatic carbocycles.